The van der Waals surface area contributed by atoms with Crippen molar-refractivity contribution in [3.63, 3.8) is 0 Å². The molecule has 1 aromatic carbocycles. The monoisotopic (exact) mass is 499 g/mol. The van der Waals surface area contributed by atoms with Gasteiger partial charge in [0.1, 0.15) is 16.7 Å². The zero-order valence-electron chi connectivity index (χ0n) is 17.7. The zero-order valence-corrected chi connectivity index (χ0v) is 18.4. The summed E-state index contributed by atoms with van der Waals surface area (Å²) in [6.07, 6.45) is -2.81. The molecule has 1 atom stereocenters. The fraction of sp³-hybridized carbons (Fsp3) is 0.200. The first-order valence-electron chi connectivity index (χ1n) is 9.48. The number of allylic oxidation sites excluding steroid dienone is 2. The van der Waals surface area contributed by atoms with Crippen LogP contribution >= 0.6 is 11.6 Å². The summed E-state index contributed by atoms with van der Waals surface area (Å²) in [6.45, 7) is 2.06. The molecule has 14 heteroatoms. The first-order valence-corrected chi connectivity index (χ1v) is 9.86. The summed E-state index contributed by atoms with van der Waals surface area (Å²) >= 11 is 5.59. The van der Waals surface area contributed by atoms with Crippen molar-refractivity contribution in [2.45, 2.75) is 26.1 Å². The van der Waals surface area contributed by atoms with E-state index in [9.17, 15) is 18.0 Å². The number of halogens is 5. The van der Waals surface area contributed by atoms with Gasteiger partial charge >= 0.3 is 6.18 Å². The molecule has 0 fully saturated rings. The number of nitrogens with one attached hydrogen (secondary N) is 2. The van der Waals surface area contributed by atoms with Crippen LogP contribution in [0.25, 0.3) is 16.9 Å². The number of ether oxygens (including phenoxy) is 1. The molecule has 0 unspecified atom stereocenters. The van der Waals surface area contributed by atoms with Gasteiger partial charge in [-0.2, -0.15) is 13.2 Å². The maximum absolute atomic E-state index is 15.1. The summed E-state index contributed by atoms with van der Waals surface area (Å²) in [5.74, 6) is -2.75. The number of aromatic nitrogens is 3. The summed E-state index contributed by atoms with van der Waals surface area (Å²) in [6, 6.07) is 1.59. The Bertz CT molecular complexity index is 1320. The third-order valence-corrected chi connectivity index (χ3v) is 4.80. The summed E-state index contributed by atoms with van der Waals surface area (Å²) < 4.78 is 61.1. The molecule has 9 nitrogen and oxygen atoms in total. The molecule has 1 amide bonds. The van der Waals surface area contributed by atoms with Crippen molar-refractivity contribution in [3.05, 3.63) is 53.5 Å². The van der Waals surface area contributed by atoms with Gasteiger partial charge in [0.25, 0.3) is 5.91 Å². The first kappa shape index (κ1) is 24.8. The van der Waals surface area contributed by atoms with Crippen molar-refractivity contribution in [1.29, 1.82) is 5.41 Å². The second-order valence-corrected chi connectivity index (χ2v) is 7.50. The highest BCUT2D eigenvalue weighted by atomic mass is 35.5. The number of hydrogen-bond donors (Lipinski definition) is 4. The highest BCUT2D eigenvalue weighted by Crippen LogP contribution is 2.33. The normalized spacial score (nSPS) is 13.4. The lowest BCUT2D eigenvalue weighted by Gasteiger charge is -2.21. The molecule has 3 aromatic rings. The van der Waals surface area contributed by atoms with Crippen LogP contribution in [0.1, 0.15) is 24.2 Å². The maximum atomic E-state index is 15.1. The van der Waals surface area contributed by atoms with Gasteiger partial charge < -0.3 is 25.9 Å². The number of nitrogens with zero attached hydrogens (tertiary/aromatic N) is 3. The van der Waals surface area contributed by atoms with Gasteiger partial charge in [0.15, 0.2) is 17.6 Å². The van der Waals surface area contributed by atoms with Crippen LogP contribution in [0.4, 0.5) is 23.4 Å². The van der Waals surface area contributed by atoms with E-state index in [4.69, 9.17) is 33.2 Å². The number of carbonyl (C=O) groups excluding carboxylic acids is 1. The molecule has 0 aliphatic carbocycles. The number of rotatable bonds is 6. The third-order valence-electron chi connectivity index (χ3n) is 4.61. The third kappa shape index (κ3) is 5.03. The summed E-state index contributed by atoms with van der Waals surface area (Å²) in [7, 11) is 0. The number of anilines is 1. The number of carbonyl (C=O) groups is 1. The summed E-state index contributed by atoms with van der Waals surface area (Å²) in [5, 5.41) is 9.03. The minimum absolute atomic E-state index is 0.0436. The van der Waals surface area contributed by atoms with E-state index in [2.05, 4.69) is 15.3 Å². The predicted molar refractivity (Wildman–Crippen MR) is 117 cm³/mol. The average Bonchev–Trinajstić information content (AvgIpc) is 3.20. The van der Waals surface area contributed by atoms with E-state index in [-0.39, 0.29) is 28.5 Å². The highest BCUT2D eigenvalue weighted by molar-refractivity contribution is 6.68. The number of imidazole rings is 1. The van der Waals surface area contributed by atoms with Gasteiger partial charge in [-0.15, -0.1) is 0 Å². The summed E-state index contributed by atoms with van der Waals surface area (Å²) in [5.41, 5.74) is 10.5. The Labute approximate surface area is 194 Å². The van der Waals surface area contributed by atoms with Gasteiger partial charge in [0.05, 0.1) is 17.0 Å². The molecule has 0 saturated carbocycles. The van der Waals surface area contributed by atoms with Crippen LogP contribution in [-0.4, -0.2) is 37.7 Å². The van der Waals surface area contributed by atoms with E-state index in [0.717, 1.165) is 13.0 Å². The lowest BCUT2D eigenvalue weighted by atomic mass is 10.1. The number of fused-ring (bicyclic) bond motifs is 1. The largest absolute Gasteiger partial charge is 0.480 e. The molecule has 34 heavy (non-hydrogen) atoms. The molecule has 0 aliphatic heterocycles. The fourth-order valence-electron chi connectivity index (χ4n) is 2.88. The van der Waals surface area contributed by atoms with E-state index in [1.165, 1.54) is 29.9 Å². The molecule has 180 valence electrons. The Kier molecular flexibility index (Phi) is 6.68. The molecule has 0 radical (unpaired) electrons. The SMILES string of the molecule is C/C(N)=C(\NC(=O)c1cc(F)c(-c2cn3ccnc3c(N)n2)cc1O[C@@H](C)C(F)(F)F)C(=N)Cl. The topological polar surface area (TPSA) is 144 Å². The Morgan fingerprint density at radius 3 is 2.62 bits per heavy atom. The lowest BCUT2D eigenvalue weighted by Crippen LogP contribution is -2.33. The molecule has 0 saturated heterocycles. The number of amides is 1. The lowest BCUT2D eigenvalue weighted by molar-refractivity contribution is -0.189. The number of benzene rings is 1. The minimum atomic E-state index is -4.78. The van der Waals surface area contributed by atoms with Crippen molar-refractivity contribution < 1.29 is 27.1 Å². The quantitative estimate of drug-likeness (QED) is 0.301. The van der Waals surface area contributed by atoms with Gasteiger partial charge in [-0.1, -0.05) is 11.6 Å². The van der Waals surface area contributed by atoms with Crippen molar-refractivity contribution in [2.24, 2.45) is 5.73 Å². The Morgan fingerprint density at radius 2 is 2.03 bits per heavy atom. The van der Waals surface area contributed by atoms with Crippen LogP contribution in [0.15, 0.2) is 42.1 Å². The van der Waals surface area contributed by atoms with Gasteiger partial charge in [-0.25, -0.2) is 14.4 Å². The number of alkyl halides is 3. The second kappa shape index (κ2) is 9.17. The number of hydrogen-bond acceptors (Lipinski definition) is 7. The van der Waals surface area contributed by atoms with Crippen molar-refractivity contribution in [2.75, 3.05) is 5.73 Å². The summed E-state index contributed by atoms with van der Waals surface area (Å²) in [4.78, 5) is 20.8. The molecule has 2 aromatic heterocycles. The van der Waals surface area contributed by atoms with Gasteiger partial charge in [-0.05, 0) is 26.0 Å². The molecule has 3 rings (SSSR count). The Hall–Kier alpha value is -3.87. The van der Waals surface area contributed by atoms with Crippen molar-refractivity contribution in [1.82, 2.24) is 19.7 Å². The van der Waals surface area contributed by atoms with Gasteiger partial charge in [0.2, 0.25) is 0 Å². The van der Waals surface area contributed by atoms with Gasteiger partial charge in [-0.3, -0.25) is 10.2 Å². The van der Waals surface area contributed by atoms with Crippen LogP contribution in [-0.2, 0) is 0 Å². The fourth-order valence-corrected chi connectivity index (χ4v) is 3.07. The molecule has 0 spiro atoms. The van der Waals surface area contributed by atoms with E-state index < -0.39 is 40.5 Å². The van der Waals surface area contributed by atoms with Crippen LogP contribution in [0, 0.1) is 11.2 Å². The molecule has 0 bridgehead atoms. The molecule has 6 N–H and O–H groups in total. The standard InChI is InChI=1S/C20H18ClF4N7O2/c1-8(26)15(16(21)27)31-19(33)11-5-12(22)10(6-14(11)34-9(2)20(23,24)25)13-7-32-4-3-29-18(32)17(28)30-13/h3-7,9,27H,26H2,1-2H3,(H2,28,30)(H,31,33)/b15-8+,27-16?/t9-/m0/s1. The molecular formula is C20H18ClF4N7O2. The smallest absolute Gasteiger partial charge is 0.425 e. The van der Waals surface area contributed by atoms with E-state index in [0.29, 0.717) is 11.7 Å². The molecule has 0 aliphatic rings. The first-order chi connectivity index (χ1) is 15.8. The number of nitrogens with two attached hydrogens (primary N) is 2. The second-order valence-electron chi connectivity index (χ2n) is 7.13. The average molecular weight is 500 g/mol. The van der Waals surface area contributed by atoms with Crippen LogP contribution in [0.2, 0.25) is 0 Å². The maximum Gasteiger partial charge on any atom is 0.425 e. The number of nitrogen functional groups attached to an aromatic ring is 1. The highest BCUT2D eigenvalue weighted by Gasteiger charge is 2.39. The Balaban J connectivity index is 2.15. The van der Waals surface area contributed by atoms with Crippen molar-refractivity contribution >= 4 is 34.1 Å². The minimum Gasteiger partial charge on any atom is -0.480 e. The predicted octanol–water partition coefficient (Wildman–Crippen LogP) is 3.58. The van der Waals surface area contributed by atoms with E-state index in [1.807, 2.05) is 0 Å². The molecule has 2 heterocycles. The van der Waals surface area contributed by atoms with Crippen molar-refractivity contribution in [3.8, 4) is 17.0 Å². The molecular weight excluding hydrogens is 482 g/mol. The van der Waals surface area contributed by atoms with Crippen LogP contribution in [0.3, 0.4) is 0 Å². The van der Waals surface area contributed by atoms with E-state index >= 15 is 4.39 Å². The van der Waals surface area contributed by atoms with E-state index in [1.54, 1.807) is 0 Å². The van der Waals surface area contributed by atoms with Crippen LogP contribution in [0.5, 0.6) is 5.75 Å². The Morgan fingerprint density at radius 1 is 1.35 bits per heavy atom. The van der Waals surface area contributed by atoms with Crippen LogP contribution < -0.4 is 21.5 Å². The van der Waals surface area contributed by atoms with Gasteiger partial charge in [0, 0.05) is 29.9 Å². The zero-order chi connectivity index (χ0) is 25.4.